The molecule has 0 fully saturated rings. The molecule has 21 heavy (non-hydrogen) atoms. The molecule has 0 atom stereocenters. The molecular weight excluding hydrogens is 324 g/mol. The van der Waals surface area contributed by atoms with Crippen LogP contribution >= 0.6 is 24.6 Å². The number of nitrogens with zero attached hydrogens (tertiary/aromatic N) is 3. The van der Waals surface area contributed by atoms with Gasteiger partial charge < -0.3 is 4.74 Å². The van der Waals surface area contributed by atoms with E-state index < -0.39 is 10.7 Å². The highest BCUT2D eigenvalue weighted by Crippen LogP contribution is 2.34. The van der Waals surface area contributed by atoms with E-state index in [1.165, 1.54) is 34.5 Å². The maximum Gasteiger partial charge on any atom is 0.288 e. The normalized spacial score (nSPS) is 10.9. The van der Waals surface area contributed by atoms with Crippen molar-refractivity contribution >= 4 is 30.3 Å². The molecule has 0 N–H and O–H groups in total. The largest absolute Gasteiger partial charge is 0.471 e. The fourth-order valence-corrected chi connectivity index (χ4v) is 2.41. The summed E-state index contributed by atoms with van der Waals surface area (Å²) in [6.07, 6.45) is 1.51. The summed E-state index contributed by atoms with van der Waals surface area (Å²) in [5.74, 6) is -2.49. The van der Waals surface area contributed by atoms with E-state index in [0.717, 1.165) is 0 Å². The molecule has 0 saturated carbocycles. The summed E-state index contributed by atoms with van der Waals surface area (Å²) in [5, 5.41) is 14.8. The summed E-state index contributed by atoms with van der Waals surface area (Å²) in [6, 6.07) is 5.49. The molecule has 0 unspecified atom stereocenters. The molecular formula is C11H9F2N3O3S2. The molecule has 0 radical (unpaired) electrons. The standard InChI is InChI=1S/C11H9F2N3O3S2/c12-11(13)21-9-3-1-2-8(16(17)18)7(9)6-19-10-4-5-15(20)14-10/h1-5,11,20H,6H2. The van der Waals surface area contributed by atoms with E-state index >= 15 is 0 Å². The van der Waals surface area contributed by atoms with Crippen molar-refractivity contribution in [2.24, 2.45) is 0 Å². The Morgan fingerprint density at radius 3 is 2.81 bits per heavy atom. The number of rotatable bonds is 6. The SMILES string of the molecule is O=[N+]([O-])c1cccc(SC(F)F)c1COc1ccn(S)n1. The number of thiol groups is 1. The molecule has 0 amide bonds. The number of thioether (sulfide) groups is 1. The van der Waals surface area contributed by atoms with Gasteiger partial charge >= 0.3 is 0 Å². The maximum absolute atomic E-state index is 12.5. The van der Waals surface area contributed by atoms with Crippen molar-refractivity contribution in [3.05, 3.63) is 46.1 Å². The van der Waals surface area contributed by atoms with Crippen molar-refractivity contribution in [3.8, 4) is 5.88 Å². The van der Waals surface area contributed by atoms with Crippen LogP contribution in [-0.2, 0) is 6.61 Å². The summed E-state index contributed by atoms with van der Waals surface area (Å²) in [7, 11) is 0. The molecule has 112 valence electrons. The van der Waals surface area contributed by atoms with Crippen LogP contribution < -0.4 is 4.74 Å². The second-order valence-corrected chi connectivity index (χ2v) is 5.19. The zero-order valence-corrected chi connectivity index (χ0v) is 12.1. The minimum Gasteiger partial charge on any atom is -0.471 e. The quantitative estimate of drug-likeness (QED) is 0.380. The fraction of sp³-hybridized carbons (Fsp3) is 0.182. The summed E-state index contributed by atoms with van der Waals surface area (Å²) >= 11 is 4.16. The van der Waals surface area contributed by atoms with Gasteiger partial charge in [-0.25, -0.2) is 4.09 Å². The van der Waals surface area contributed by atoms with Gasteiger partial charge in [0.2, 0.25) is 5.88 Å². The lowest BCUT2D eigenvalue weighted by Crippen LogP contribution is -2.03. The zero-order chi connectivity index (χ0) is 15.4. The lowest BCUT2D eigenvalue weighted by molar-refractivity contribution is -0.386. The fourth-order valence-electron chi connectivity index (χ4n) is 1.60. The smallest absolute Gasteiger partial charge is 0.288 e. The third kappa shape index (κ3) is 4.08. The topological polar surface area (TPSA) is 70.2 Å². The first kappa shape index (κ1) is 15.6. The monoisotopic (exact) mass is 333 g/mol. The third-order valence-electron chi connectivity index (χ3n) is 2.44. The van der Waals surface area contributed by atoms with Crippen LogP contribution in [0.15, 0.2) is 35.4 Å². The minimum atomic E-state index is -2.68. The molecule has 1 aromatic heterocycles. The lowest BCUT2D eigenvalue weighted by Gasteiger charge is -2.09. The zero-order valence-electron chi connectivity index (χ0n) is 10.3. The van der Waals surface area contributed by atoms with E-state index in [1.54, 1.807) is 0 Å². The molecule has 10 heteroatoms. The van der Waals surface area contributed by atoms with E-state index in [4.69, 9.17) is 4.74 Å². The van der Waals surface area contributed by atoms with E-state index in [9.17, 15) is 18.9 Å². The Balaban J connectivity index is 2.27. The highest BCUT2D eigenvalue weighted by Gasteiger charge is 2.21. The first-order valence-electron chi connectivity index (χ1n) is 5.56. The van der Waals surface area contributed by atoms with Crippen LogP contribution in [0.2, 0.25) is 0 Å². The predicted octanol–water partition coefficient (Wildman–Crippen LogP) is 3.38. The van der Waals surface area contributed by atoms with Crippen LogP contribution in [0.1, 0.15) is 5.56 Å². The number of hydrogen-bond acceptors (Lipinski definition) is 6. The minimum absolute atomic E-state index is 0.0847. The Labute approximate surface area is 127 Å². The number of hydrogen-bond donors (Lipinski definition) is 1. The van der Waals surface area contributed by atoms with Crippen molar-refractivity contribution in [1.82, 2.24) is 9.19 Å². The van der Waals surface area contributed by atoms with Gasteiger partial charge in [0.1, 0.15) is 6.61 Å². The van der Waals surface area contributed by atoms with Crippen LogP contribution in [0.5, 0.6) is 5.88 Å². The number of aromatic nitrogens is 2. The maximum atomic E-state index is 12.5. The number of ether oxygens (including phenoxy) is 1. The van der Waals surface area contributed by atoms with Gasteiger partial charge in [0, 0.05) is 23.2 Å². The summed E-state index contributed by atoms with van der Waals surface area (Å²) in [4.78, 5) is 10.5. The van der Waals surface area contributed by atoms with Crippen LogP contribution in [0.3, 0.4) is 0 Å². The van der Waals surface area contributed by atoms with Crippen molar-refractivity contribution in [1.29, 1.82) is 0 Å². The highest BCUT2D eigenvalue weighted by atomic mass is 32.2. The number of alkyl halides is 2. The molecule has 0 aliphatic heterocycles. The van der Waals surface area contributed by atoms with Crippen molar-refractivity contribution in [3.63, 3.8) is 0 Å². The molecule has 1 aromatic carbocycles. The number of benzene rings is 1. The molecule has 0 saturated heterocycles. The van der Waals surface area contributed by atoms with Gasteiger partial charge in [0.15, 0.2) is 0 Å². The van der Waals surface area contributed by atoms with E-state index in [-0.39, 0.29) is 40.4 Å². The van der Waals surface area contributed by atoms with Crippen LogP contribution in [0.4, 0.5) is 14.5 Å². The molecule has 6 nitrogen and oxygen atoms in total. The first-order chi connectivity index (χ1) is 9.97. The van der Waals surface area contributed by atoms with E-state index in [1.807, 2.05) is 0 Å². The van der Waals surface area contributed by atoms with Crippen molar-refractivity contribution in [2.45, 2.75) is 17.3 Å². The van der Waals surface area contributed by atoms with Gasteiger partial charge in [0.05, 0.1) is 10.5 Å². The Bertz CT molecular complexity index is 651. The first-order valence-corrected chi connectivity index (χ1v) is 6.84. The predicted molar refractivity (Wildman–Crippen MR) is 75.9 cm³/mol. The van der Waals surface area contributed by atoms with Gasteiger partial charge in [-0.2, -0.15) is 8.78 Å². The molecule has 1 heterocycles. The van der Waals surface area contributed by atoms with Gasteiger partial charge in [-0.15, -0.1) is 5.10 Å². The average Bonchev–Trinajstić information content (AvgIpc) is 2.82. The molecule has 2 aromatic rings. The molecule has 0 spiro atoms. The Hall–Kier alpha value is -1.81. The molecule has 2 rings (SSSR count). The van der Waals surface area contributed by atoms with Crippen molar-refractivity contribution in [2.75, 3.05) is 0 Å². The lowest BCUT2D eigenvalue weighted by atomic mass is 10.2. The number of halogens is 2. The highest BCUT2D eigenvalue weighted by molar-refractivity contribution is 7.99. The second-order valence-electron chi connectivity index (χ2n) is 3.75. The molecule has 0 bridgehead atoms. The molecule has 0 aliphatic carbocycles. The number of nitro groups is 1. The molecule has 0 aliphatic rings. The number of nitro benzene ring substituents is 1. The van der Waals surface area contributed by atoms with Crippen LogP contribution in [0.25, 0.3) is 0 Å². The Morgan fingerprint density at radius 1 is 1.48 bits per heavy atom. The summed E-state index contributed by atoms with van der Waals surface area (Å²) in [6.45, 7) is -0.239. The Morgan fingerprint density at radius 2 is 2.24 bits per heavy atom. The van der Waals surface area contributed by atoms with Crippen molar-refractivity contribution < 1.29 is 18.4 Å². The summed E-state index contributed by atoms with van der Waals surface area (Å²) in [5.41, 5.74) is -0.188. The van der Waals surface area contributed by atoms with E-state index in [0.29, 0.717) is 0 Å². The van der Waals surface area contributed by atoms with Crippen LogP contribution in [0, 0.1) is 10.1 Å². The third-order valence-corrected chi connectivity index (χ3v) is 3.47. The van der Waals surface area contributed by atoms with Gasteiger partial charge in [-0.3, -0.25) is 10.1 Å². The Kier molecular flexibility index (Phi) is 5.02. The van der Waals surface area contributed by atoms with Crippen LogP contribution in [-0.4, -0.2) is 19.9 Å². The summed E-state index contributed by atoms with van der Waals surface area (Å²) < 4.78 is 31.5. The second kappa shape index (κ2) is 6.76. The van der Waals surface area contributed by atoms with Gasteiger partial charge in [-0.05, 0) is 18.9 Å². The van der Waals surface area contributed by atoms with E-state index in [2.05, 4.69) is 17.9 Å². The van der Waals surface area contributed by atoms with Gasteiger partial charge in [0.25, 0.3) is 11.4 Å². The van der Waals surface area contributed by atoms with Gasteiger partial charge in [-0.1, -0.05) is 17.8 Å². The average molecular weight is 333 g/mol.